The zero-order valence-electron chi connectivity index (χ0n) is 15.3. The molecule has 3 aromatic rings. The zero-order chi connectivity index (χ0) is 19.0. The van der Waals surface area contributed by atoms with E-state index in [4.69, 9.17) is 0 Å². The summed E-state index contributed by atoms with van der Waals surface area (Å²) in [7, 11) is 0. The van der Waals surface area contributed by atoms with Crippen LogP contribution in [0.1, 0.15) is 45.7 Å². The second-order valence-corrected chi connectivity index (χ2v) is 8.13. The maximum absolute atomic E-state index is 14.2. The molecule has 2 aromatic heterocycles. The third-order valence-corrected chi connectivity index (χ3v) is 5.99. The van der Waals surface area contributed by atoms with Crippen LogP contribution < -0.4 is 5.32 Å². The second kappa shape index (κ2) is 7.23. The van der Waals surface area contributed by atoms with Crippen molar-refractivity contribution in [2.45, 2.75) is 45.6 Å². The Hall–Kier alpha value is -2.54. The summed E-state index contributed by atoms with van der Waals surface area (Å²) < 4.78 is 15.8. The van der Waals surface area contributed by atoms with Crippen molar-refractivity contribution in [1.29, 1.82) is 0 Å². The van der Waals surface area contributed by atoms with E-state index < -0.39 is 0 Å². The number of carbonyl (C=O) groups excluding carboxylic acids is 1. The quantitative estimate of drug-likeness (QED) is 0.744. The summed E-state index contributed by atoms with van der Waals surface area (Å²) in [4.78, 5) is 17.9. The molecule has 7 heteroatoms. The average molecular weight is 384 g/mol. The molecule has 2 heterocycles. The van der Waals surface area contributed by atoms with Gasteiger partial charge < -0.3 is 5.32 Å². The summed E-state index contributed by atoms with van der Waals surface area (Å²) in [5.74, 6) is -0.316. The molecular formula is C20H21FN4OS. The van der Waals surface area contributed by atoms with E-state index >= 15 is 0 Å². The van der Waals surface area contributed by atoms with Crippen LogP contribution in [-0.2, 0) is 17.6 Å². The Morgan fingerprint density at radius 2 is 2.19 bits per heavy atom. The molecule has 1 amide bonds. The van der Waals surface area contributed by atoms with Gasteiger partial charge in [0.15, 0.2) is 0 Å². The van der Waals surface area contributed by atoms with Gasteiger partial charge in [-0.2, -0.15) is 5.10 Å². The molecule has 5 nitrogen and oxygen atoms in total. The van der Waals surface area contributed by atoms with Gasteiger partial charge in [-0.15, -0.1) is 11.3 Å². The first-order valence-electron chi connectivity index (χ1n) is 9.07. The van der Waals surface area contributed by atoms with E-state index in [0.717, 1.165) is 46.1 Å². The highest BCUT2D eigenvalue weighted by Crippen LogP contribution is 2.31. The van der Waals surface area contributed by atoms with Crippen molar-refractivity contribution in [3.63, 3.8) is 0 Å². The number of thiazole rings is 1. The van der Waals surface area contributed by atoms with Gasteiger partial charge in [-0.05, 0) is 45.2 Å². The molecular weight excluding hydrogens is 363 g/mol. The highest BCUT2D eigenvalue weighted by atomic mass is 32.1. The van der Waals surface area contributed by atoms with Gasteiger partial charge in [-0.1, -0.05) is 12.1 Å². The normalized spacial score (nSPS) is 16.2. The fourth-order valence-corrected chi connectivity index (χ4v) is 4.60. The molecule has 140 valence electrons. The molecule has 1 aliphatic rings. The van der Waals surface area contributed by atoms with Crippen molar-refractivity contribution in [1.82, 2.24) is 20.1 Å². The van der Waals surface area contributed by atoms with Gasteiger partial charge in [0.1, 0.15) is 11.5 Å². The Morgan fingerprint density at radius 1 is 1.37 bits per heavy atom. The van der Waals surface area contributed by atoms with Crippen LogP contribution in [0.4, 0.5) is 4.39 Å². The first-order valence-corrected chi connectivity index (χ1v) is 9.88. The molecule has 1 unspecified atom stereocenters. The predicted octanol–water partition coefficient (Wildman–Crippen LogP) is 3.82. The number of amides is 1. The summed E-state index contributed by atoms with van der Waals surface area (Å²) in [6.45, 7) is 3.88. The number of para-hydroxylation sites is 1. The van der Waals surface area contributed by atoms with E-state index in [9.17, 15) is 9.18 Å². The van der Waals surface area contributed by atoms with E-state index in [0.29, 0.717) is 12.1 Å². The lowest BCUT2D eigenvalue weighted by molar-refractivity contribution is -0.121. The maximum Gasteiger partial charge on any atom is 0.225 e. The number of halogens is 1. The smallest absolute Gasteiger partial charge is 0.225 e. The SMILES string of the molecule is Cc1nc(C)c(CC(=O)NC2CCCc3c2cnn3-c2ccccc2F)s1. The van der Waals surface area contributed by atoms with Crippen molar-refractivity contribution in [2.75, 3.05) is 0 Å². The van der Waals surface area contributed by atoms with Crippen molar-refractivity contribution >= 4 is 17.2 Å². The molecule has 0 saturated carbocycles. The predicted molar refractivity (Wildman–Crippen MR) is 103 cm³/mol. The van der Waals surface area contributed by atoms with Gasteiger partial charge in [0.2, 0.25) is 5.91 Å². The highest BCUT2D eigenvalue weighted by molar-refractivity contribution is 7.11. The summed E-state index contributed by atoms with van der Waals surface area (Å²) in [6.07, 6.45) is 4.71. The average Bonchev–Trinajstić information content (AvgIpc) is 3.19. The van der Waals surface area contributed by atoms with E-state index in [-0.39, 0.29) is 17.8 Å². The summed E-state index contributed by atoms with van der Waals surface area (Å²) in [6, 6.07) is 6.54. The van der Waals surface area contributed by atoms with Crippen LogP contribution in [0.25, 0.3) is 5.69 Å². The lowest BCUT2D eigenvalue weighted by Crippen LogP contribution is -2.32. The summed E-state index contributed by atoms with van der Waals surface area (Å²) in [5, 5.41) is 8.51. The van der Waals surface area contributed by atoms with E-state index in [1.165, 1.54) is 6.07 Å². The molecule has 0 radical (unpaired) electrons. The standard InChI is InChI=1S/C20H21FN4OS/c1-12-19(27-13(2)23-12)10-20(26)24-16-7-5-9-17-14(16)11-22-25(17)18-8-4-3-6-15(18)21/h3-4,6,8,11,16H,5,7,9-10H2,1-2H3,(H,24,26). The van der Waals surface area contributed by atoms with Gasteiger partial charge in [0.25, 0.3) is 0 Å². The molecule has 0 bridgehead atoms. The molecule has 1 aliphatic carbocycles. The monoisotopic (exact) mass is 384 g/mol. The zero-order valence-corrected chi connectivity index (χ0v) is 16.1. The lowest BCUT2D eigenvalue weighted by Gasteiger charge is -2.24. The van der Waals surface area contributed by atoms with Crippen LogP contribution in [0.2, 0.25) is 0 Å². The van der Waals surface area contributed by atoms with Gasteiger partial charge >= 0.3 is 0 Å². The van der Waals surface area contributed by atoms with E-state index in [1.54, 1.807) is 40.4 Å². The molecule has 0 spiro atoms. The Kier molecular flexibility index (Phi) is 4.78. The number of hydrogen-bond acceptors (Lipinski definition) is 4. The van der Waals surface area contributed by atoms with Gasteiger partial charge in [-0.25, -0.2) is 14.1 Å². The Morgan fingerprint density at radius 3 is 2.93 bits per heavy atom. The third kappa shape index (κ3) is 3.51. The topological polar surface area (TPSA) is 59.8 Å². The summed E-state index contributed by atoms with van der Waals surface area (Å²) in [5.41, 5.74) is 3.32. The first kappa shape index (κ1) is 17.9. The molecule has 27 heavy (non-hydrogen) atoms. The number of rotatable bonds is 4. The third-order valence-electron chi connectivity index (χ3n) is 4.92. The lowest BCUT2D eigenvalue weighted by atomic mass is 9.92. The first-order chi connectivity index (χ1) is 13.0. The minimum absolute atomic E-state index is 0.0155. The van der Waals surface area contributed by atoms with E-state index in [2.05, 4.69) is 15.4 Å². The van der Waals surface area contributed by atoms with Gasteiger partial charge in [-0.3, -0.25) is 4.79 Å². The molecule has 1 atom stereocenters. The number of hydrogen-bond donors (Lipinski definition) is 1. The van der Waals surface area contributed by atoms with Crippen molar-refractivity contribution in [3.8, 4) is 5.69 Å². The molecule has 0 fully saturated rings. The van der Waals surface area contributed by atoms with Crippen molar-refractivity contribution in [2.24, 2.45) is 0 Å². The fourth-order valence-electron chi connectivity index (χ4n) is 3.67. The van der Waals surface area contributed by atoms with Crippen LogP contribution in [0.3, 0.4) is 0 Å². The molecule has 4 rings (SSSR count). The van der Waals surface area contributed by atoms with Crippen molar-refractivity contribution < 1.29 is 9.18 Å². The van der Waals surface area contributed by atoms with Crippen LogP contribution in [0.5, 0.6) is 0 Å². The van der Waals surface area contributed by atoms with Crippen LogP contribution in [-0.4, -0.2) is 20.7 Å². The number of aromatic nitrogens is 3. The van der Waals surface area contributed by atoms with Crippen LogP contribution in [0.15, 0.2) is 30.5 Å². The van der Waals surface area contributed by atoms with Gasteiger partial charge in [0.05, 0.1) is 29.4 Å². The Balaban J connectivity index is 1.55. The molecule has 0 aliphatic heterocycles. The summed E-state index contributed by atoms with van der Waals surface area (Å²) >= 11 is 1.56. The number of nitrogens with zero attached hydrogens (tertiary/aromatic N) is 3. The van der Waals surface area contributed by atoms with E-state index in [1.807, 2.05) is 13.8 Å². The molecule has 1 N–H and O–H groups in total. The van der Waals surface area contributed by atoms with Crippen LogP contribution in [0, 0.1) is 19.7 Å². The number of aryl methyl sites for hydroxylation is 2. The number of fused-ring (bicyclic) bond motifs is 1. The van der Waals surface area contributed by atoms with Crippen LogP contribution >= 0.6 is 11.3 Å². The second-order valence-electron chi connectivity index (χ2n) is 6.84. The number of benzene rings is 1. The van der Waals surface area contributed by atoms with Crippen molar-refractivity contribution in [3.05, 3.63) is 63.1 Å². The minimum Gasteiger partial charge on any atom is -0.349 e. The minimum atomic E-state index is -0.300. The maximum atomic E-state index is 14.2. The Labute approximate surface area is 161 Å². The van der Waals surface area contributed by atoms with Gasteiger partial charge in [0, 0.05) is 16.1 Å². The molecule has 0 saturated heterocycles. The largest absolute Gasteiger partial charge is 0.349 e. The fraction of sp³-hybridized carbons (Fsp3) is 0.350. The number of nitrogens with one attached hydrogen (secondary N) is 1. The molecule has 1 aromatic carbocycles. The Bertz CT molecular complexity index is 994. The number of carbonyl (C=O) groups is 1. The highest BCUT2D eigenvalue weighted by Gasteiger charge is 2.27.